The number of nitrogens with one attached hydrogen (secondary N) is 2. The maximum Gasteiger partial charge on any atom is 0.227 e. The lowest BCUT2D eigenvalue weighted by molar-refractivity contribution is -0.126. The summed E-state index contributed by atoms with van der Waals surface area (Å²) in [5, 5.41) is 11.1. The third-order valence-corrected chi connectivity index (χ3v) is 6.63. The molecule has 7 heteroatoms. The van der Waals surface area contributed by atoms with Crippen LogP contribution in [0.4, 0.5) is 11.5 Å². The highest BCUT2D eigenvalue weighted by Crippen LogP contribution is 2.35. The number of carbonyl (C=O) groups is 2. The van der Waals surface area contributed by atoms with E-state index in [1.165, 1.54) is 0 Å². The van der Waals surface area contributed by atoms with Crippen LogP contribution in [0.5, 0.6) is 0 Å². The first kappa shape index (κ1) is 24.5. The van der Waals surface area contributed by atoms with Crippen molar-refractivity contribution in [3.8, 4) is 5.69 Å². The molecular formula is C28H35N5O2. The minimum atomic E-state index is -0.136. The maximum absolute atomic E-state index is 13.0. The Bertz CT molecular complexity index is 1150. The number of nitrogens with zero attached hydrogens (tertiary/aromatic N) is 3. The zero-order valence-corrected chi connectivity index (χ0v) is 21.0. The predicted molar refractivity (Wildman–Crippen MR) is 140 cm³/mol. The average Bonchev–Trinajstić information content (AvgIpc) is 3.20. The number of anilines is 2. The van der Waals surface area contributed by atoms with Gasteiger partial charge in [0.15, 0.2) is 5.82 Å². The van der Waals surface area contributed by atoms with Crippen molar-refractivity contribution < 1.29 is 9.59 Å². The molecule has 2 heterocycles. The molecule has 184 valence electrons. The predicted octanol–water partition coefficient (Wildman–Crippen LogP) is 4.87. The summed E-state index contributed by atoms with van der Waals surface area (Å²) in [5.74, 6) is 0.760. The molecular weight excluding hydrogens is 438 g/mol. The third-order valence-electron chi connectivity index (χ3n) is 6.63. The van der Waals surface area contributed by atoms with Crippen LogP contribution in [0.3, 0.4) is 0 Å². The molecule has 0 unspecified atom stereocenters. The molecule has 1 saturated heterocycles. The molecule has 2 amide bonds. The topological polar surface area (TPSA) is 79.3 Å². The van der Waals surface area contributed by atoms with E-state index in [9.17, 15) is 9.59 Å². The van der Waals surface area contributed by atoms with Gasteiger partial charge in [0, 0.05) is 24.9 Å². The van der Waals surface area contributed by atoms with Gasteiger partial charge in [0.25, 0.3) is 0 Å². The summed E-state index contributed by atoms with van der Waals surface area (Å²) < 4.78 is 1.91. The molecule has 35 heavy (non-hydrogen) atoms. The van der Waals surface area contributed by atoms with Gasteiger partial charge in [-0.15, -0.1) is 0 Å². The molecule has 0 spiro atoms. The van der Waals surface area contributed by atoms with E-state index in [0.29, 0.717) is 13.1 Å². The van der Waals surface area contributed by atoms with E-state index in [4.69, 9.17) is 5.10 Å². The number of benzene rings is 2. The second-order valence-electron chi connectivity index (χ2n) is 9.58. The van der Waals surface area contributed by atoms with Crippen LogP contribution in [0.15, 0.2) is 60.7 Å². The highest BCUT2D eigenvalue weighted by molar-refractivity contribution is 5.96. The summed E-state index contributed by atoms with van der Waals surface area (Å²) in [7, 11) is 0. The number of carbonyl (C=O) groups excluding carboxylic acids is 2. The van der Waals surface area contributed by atoms with Crippen molar-refractivity contribution in [3.05, 3.63) is 71.9 Å². The van der Waals surface area contributed by atoms with Gasteiger partial charge in [0.05, 0.1) is 17.4 Å². The Labute approximate surface area is 207 Å². The molecule has 1 aromatic heterocycles. The molecule has 2 aromatic carbocycles. The van der Waals surface area contributed by atoms with Gasteiger partial charge in [0.2, 0.25) is 11.8 Å². The van der Waals surface area contributed by atoms with Crippen molar-refractivity contribution >= 4 is 23.3 Å². The molecule has 7 nitrogen and oxygen atoms in total. The number of para-hydroxylation sites is 1. The minimum Gasteiger partial charge on any atom is -0.355 e. The van der Waals surface area contributed by atoms with Crippen LogP contribution in [-0.2, 0) is 9.59 Å². The largest absolute Gasteiger partial charge is 0.355 e. The first-order valence-corrected chi connectivity index (χ1v) is 12.4. The standard InChI is InChI=1S/C28H35N5O2/c1-19(2)26(34)30-25-21(4)31-33(24-13-9-6-10-14-24)28(25)32-17-15-23(16-18-32)27(35)29-20(3)22-11-7-5-8-12-22/h5-14,19-20,23H,15-18H2,1-4H3,(H,29,35)(H,30,34)/t20-/m0/s1. The molecule has 1 aliphatic heterocycles. The Kier molecular flexibility index (Phi) is 7.54. The molecule has 3 aromatic rings. The van der Waals surface area contributed by atoms with Crippen molar-refractivity contribution in [1.29, 1.82) is 0 Å². The van der Waals surface area contributed by atoms with Crippen LogP contribution in [0.2, 0.25) is 0 Å². The summed E-state index contributed by atoms with van der Waals surface area (Å²) in [6.07, 6.45) is 1.48. The van der Waals surface area contributed by atoms with E-state index in [1.54, 1.807) is 0 Å². The monoisotopic (exact) mass is 473 g/mol. The van der Waals surface area contributed by atoms with Crippen LogP contribution in [0, 0.1) is 18.8 Å². The Morgan fingerprint density at radius 3 is 2.14 bits per heavy atom. The number of amides is 2. The quantitative estimate of drug-likeness (QED) is 0.513. The number of hydrogen-bond acceptors (Lipinski definition) is 4. The van der Waals surface area contributed by atoms with Crippen LogP contribution in [-0.4, -0.2) is 34.7 Å². The van der Waals surface area contributed by atoms with Crippen molar-refractivity contribution in [1.82, 2.24) is 15.1 Å². The number of rotatable bonds is 7. The van der Waals surface area contributed by atoms with Crippen LogP contribution in [0.1, 0.15) is 50.9 Å². The van der Waals surface area contributed by atoms with Gasteiger partial charge in [-0.1, -0.05) is 62.4 Å². The third kappa shape index (κ3) is 5.56. The molecule has 0 bridgehead atoms. The number of hydrogen-bond donors (Lipinski definition) is 2. The van der Waals surface area contributed by atoms with Crippen LogP contribution >= 0.6 is 0 Å². The fraction of sp³-hybridized carbons (Fsp3) is 0.393. The zero-order chi connectivity index (χ0) is 24.9. The van der Waals surface area contributed by atoms with Gasteiger partial charge in [-0.25, -0.2) is 4.68 Å². The first-order valence-electron chi connectivity index (χ1n) is 12.4. The van der Waals surface area contributed by atoms with E-state index in [2.05, 4.69) is 15.5 Å². The fourth-order valence-corrected chi connectivity index (χ4v) is 4.48. The second kappa shape index (κ2) is 10.8. The highest BCUT2D eigenvalue weighted by Gasteiger charge is 2.30. The van der Waals surface area contributed by atoms with E-state index >= 15 is 0 Å². The SMILES string of the molecule is Cc1nn(-c2ccccc2)c(N2CCC(C(=O)N[C@@H](C)c3ccccc3)CC2)c1NC(=O)C(C)C. The Balaban J connectivity index is 1.52. The fourth-order valence-electron chi connectivity index (χ4n) is 4.48. The molecule has 1 atom stereocenters. The number of piperidine rings is 1. The van der Waals surface area contributed by atoms with Gasteiger partial charge < -0.3 is 15.5 Å². The summed E-state index contributed by atoms with van der Waals surface area (Å²) >= 11 is 0. The van der Waals surface area contributed by atoms with E-state index in [0.717, 1.165) is 41.3 Å². The smallest absolute Gasteiger partial charge is 0.227 e. The first-order chi connectivity index (χ1) is 16.8. The van der Waals surface area contributed by atoms with E-state index < -0.39 is 0 Å². The molecule has 1 aliphatic rings. The molecule has 2 N–H and O–H groups in total. The lowest BCUT2D eigenvalue weighted by Gasteiger charge is -2.34. The summed E-state index contributed by atoms with van der Waals surface area (Å²) in [5.41, 5.74) is 3.56. The van der Waals surface area contributed by atoms with Gasteiger partial charge in [0.1, 0.15) is 5.69 Å². The van der Waals surface area contributed by atoms with Crippen molar-refractivity contribution in [3.63, 3.8) is 0 Å². The lowest BCUT2D eigenvalue weighted by Crippen LogP contribution is -2.42. The zero-order valence-electron chi connectivity index (χ0n) is 21.0. The van der Waals surface area contributed by atoms with Crippen molar-refractivity contribution in [2.75, 3.05) is 23.3 Å². The van der Waals surface area contributed by atoms with E-state index in [1.807, 2.05) is 93.0 Å². The van der Waals surface area contributed by atoms with Crippen LogP contribution < -0.4 is 15.5 Å². The molecule has 0 radical (unpaired) electrons. The van der Waals surface area contributed by atoms with E-state index in [-0.39, 0.29) is 29.7 Å². The molecule has 1 fully saturated rings. The number of aryl methyl sites for hydroxylation is 1. The summed E-state index contributed by atoms with van der Waals surface area (Å²) in [4.78, 5) is 27.8. The normalized spacial score (nSPS) is 15.2. The van der Waals surface area contributed by atoms with Crippen molar-refractivity contribution in [2.45, 2.75) is 46.6 Å². The Morgan fingerprint density at radius 2 is 1.54 bits per heavy atom. The Hall–Kier alpha value is -3.61. The maximum atomic E-state index is 13.0. The average molecular weight is 474 g/mol. The van der Waals surface area contributed by atoms with Gasteiger partial charge in [-0.3, -0.25) is 9.59 Å². The number of aromatic nitrogens is 2. The minimum absolute atomic E-state index is 0.0262. The summed E-state index contributed by atoms with van der Waals surface area (Å²) in [6.45, 7) is 9.12. The van der Waals surface area contributed by atoms with Gasteiger partial charge in [-0.2, -0.15) is 5.10 Å². The summed E-state index contributed by atoms with van der Waals surface area (Å²) in [6, 6.07) is 20.0. The molecule has 0 aliphatic carbocycles. The van der Waals surface area contributed by atoms with Crippen molar-refractivity contribution in [2.24, 2.45) is 11.8 Å². The molecule has 4 rings (SSSR count). The van der Waals surface area contributed by atoms with Crippen LogP contribution in [0.25, 0.3) is 5.69 Å². The van der Waals surface area contributed by atoms with Gasteiger partial charge in [-0.05, 0) is 44.4 Å². The van der Waals surface area contributed by atoms with Gasteiger partial charge >= 0.3 is 0 Å². The molecule has 0 saturated carbocycles. The highest BCUT2D eigenvalue weighted by atomic mass is 16.2. The Morgan fingerprint density at radius 1 is 0.943 bits per heavy atom. The second-order valence-corrected chi connectivity index (χ2v) is 9.58. The lowest BCUT2D eigenvalue weighted by atomic mass is 9.95.